The number of aliphatic imine (C=N–C) groups is 1. The Hall–Kier alpha value is -1.18. The lowest BCUT2D eigenvalue weighted by Gasteiger charge is -2.37. The highest BCUT2D eigenvalue weighted by molar-refractivity contribution is 7.09. The van der Waals surface area contributed by atoms with Gasteiger partial charge in [0.2, 0.25) is 0 Å². The summed E-state index contributed by atoms with van der Waals surface area (Å²) in [6.07, 6.45) is 2.62. The number of ether oxygens (including phenoxy) is 2. The summed E-state index contributed by atoms with van der Waals surface area (Å²) in [5, 5.41) is 6.72. The molecule has 0 saturated carbocycles. The number of morpholine rings is 1. The fraction of sp³-hybridized carbons (Fsp3) is 0.778. The van der Waals surface area contributed by atoms with Crippen LogP contribution >= 0.6 is 11.3 Å². The minimum atomic E-state index is 0.145. The van der Waals surface area contributed by atoms with Gasteiger partial charge < -0.3 is 19.7 Å². The molecule has 3 heterocycles. The Bertz CT molecular complexity index is 569. The third-order valence-corrected chi connectivity index (χ3v) is 5.76. The van der Waals surface area contributed by atoms with Gasteiger partial charge in [-0.05, 0) is 19.8 Å². The predicted molar refractivity (Wildman–Crippen MR) is 101 cm³/mol. The van der Waals surface area contributed by atoms with Gasteiger partial charge in [0.15, 0.2) is 5.96 Å². The average molecular weight is 367 g/mol. The lowest BCUT2D eigenvalue weighted by molar-refractivity contribution is -0.0817. The lowest BCUT2D eigenvalue weighted by Crippen LogP contribution is -2.53. The molecule has 1 aromatic rings. The van der Waals surface area contributed by atoms with E-state index in [0.717, 1.165) is 57.3 Å². The fourth-order valence-electron chi connectivity index (χ4n) is 3.23. The first-order chi connectivity index (χ1) is 12.2. The van der Waals surface area contributed by atoms with Gasteiger partial charge in [-0.1, -0.05) is 13.8 Å². The molecule has 0 amide bonds. The average Bonchev–Trinajstić information content (AvgIpc) is 3.30. The highest BCUT2D eigenvalue weighted by Crippen LogP contribution is 2.22. The zero-order valence-corrected chi connectivity index (χ0v) is 16.3. The van der Waals surface area contributed by atoms with Gasteiger partial charge in [-0.2, -0.15) is 0 Å². The van der Waals surface area contributed by atoms with Crippen LogP contribution in [0, 0.1) is 0 Å². The van der Waals surface area contributed by atoms with Crippen molar-refractivity contribution in [1.29, 1.82) is 0 Å². The summed E-state index contributed by atoms with van der Waals surface area (Å²) in [5.41, 5.74) is 1.05. The van der Waals surface area contributed by atoms with Crippen molar-refractivity contribution in [2.75, 3.05) is 32.8 Å². The van der Waals surface area contributed by atoms with Gasteiger partial charge in [-0.25, -0.2) is 9.98 Å². The van der Waals surface area contributed by atoms with Crippen LogP contribution in [0.15, 0.2) is 10.4 Å². The van der Waals surface area contributed by atoms with Crippen LogP contribution in [0.2, 0.25) is 0 Å². The van der Waals surface area contributed by atoms with Crippen molar-refractivity contribution >= 4 is 17.3 Å². The molecule has 0 radical (unpaired) electrons. The van der Waals surface area contributed by atoms with Crippen LogP contribution in [0.25, 0.3) is 0 Å². The van der Waals surface area contributed by atoms with Crippen LogP contribution in [0.4, 0.5) is 0 Å². The molecule has 0 bridgehead atoms. The molecule has 1 aromatic heterocycles. The first-order valence-electron chi connectivity index (χ1n) is 9.38. The molecule has 2 unspecified atom stereocenters. The predicted octanol–water partition coefficient (Wildman–Crippen LogP) is 2.61. The van der Waals surface area contributed by atoms with Crippen LogP contribution in [0.5, 0.6) is 0 Å². The number of hydrogen-bond donors (Lipinski definition) is 1. The third-order valence-electron chi connectivity index (χ3n) is 4.56. The second kappa shape index (κ2) is 8.96. The first-order valence-corrected chi connectivity index (χ1v) is 10.3. The second-order valence-electron chi connectivity index (χ2n) is 6.91. The Morgan fingerprint density at radius 1 is 1.40 bits per heavy atom. The Morgan fingerprint density at radius 2 is 2.24 bits per heavy atom. The highest BCUT2D eigenvalue weighted by Gasteiger charge is 2.32. The number of aromatic nitrogens is 1. The van der Waals surface area contributed by atoms with Crippen molar-refractivity contribution < 1.29 is 9.47 Å². The molecule has 2 saturated heterocycles. The summed E-state index contributed by atoms with van der Waals surface area (Å²) in [4.78, 5) is 11.8. The molecule has 2 atom stereocenters. The van der Waals surface area contributed by atoms with E-state index in [9.17, 15) is 0 Å². The molecular formula is C18H30N4O2S. The number of nitrogens with one attached hydrogen (secondary N) is 1. The van der Waals surface area contributed by atoms with Gasteiger partial charge in [-0.3, -0.25) is 0 Å². The van der Waals surface area contributed by atoms with Crippen LogP contribution in [-0.4, -0.2) is 60.9 Å². The molecule has 2 aliphatic rings. The summed E-state index contributed by atoms with van der Waals surface area (Å²) in [6, 6.07) is 0. The van der Waals surface area contributed by atoms with Gasteiger partial charge in [0, 0.05) is 37.5 Å². The van der Waals surface area contributed by atoms with E-state index in [4.69, 9.17) is 14.5 Å². The van der Waals surface area contributed by atoms with Crippen molar-refractivity contribution in [2.24, 2.45) is 4.99 Å². The first kappa shape index (κ1) is 18.6. The third kappa shape index (κ3) is 4.92. The van der Waals surface area contributed by atoms with E-state index in [2.05, 4.69) is 41.4 Å². The topological polar surface area (TPSA) is 59.0 Å². The van der Waals surface area contributed by atoms with E-state index < -0.39 is 0 Å². The van der Waals surface area contributed by atoms with Gasteiger partial charge >= 0.3 is 0 Å². The number of guanidine groups is 1. The molecule has 0 aliphatic carbocycles. The Balaban J connectivity index is 1.64. The number of hydrogen-bond acceptors (Lipinski definition) is 5. The van der Waals surface area contributed by atoms with E-state index in [0.29, 0.717) is 12.5 Å². The lowest BCUT2D eigenvalue weighted by atomic mass is 10.1. The van der Waals surface area contributed by atoms with Crippen molar-refractivity contribution in [3.05, 3.63) is 16.1 Å². The van der Waals surface area contributed by atoms with Crippen LogP contribution in [0.1, 0.15) is 50.2 Å². The van der Waals surface area contributed by atoms with Crippen molar-refractivity contribution in [2.45, 2.75) is 58.3 Å². The van der Waals surface area contributed by atoms with Crippen LogP contribution in [-0.2, 0) is 16.0 Å². The molecule has 6 nitrogen and oxygen atoms in total. The normalized spacial score (nSPS) is 25.0. The smallest absolute Gasteiger partial charge is 0.194 e. The van der Waals surface area contributed by atoms with E-state index in [-0.39, 0.29) is 12.2 Å². The quantitative estimate of drug-likeness (QED) is 0.641. The number of nitrogens with zero attached hydrogens (tertiary/aromatic N) is 3. The standard InChI is InChI=1S/C18H30N4O2S/c1-4-19-18(20-10-14-12-25-17(21-14)13(2)3)22-7-9-24-16(11-22)15-6-5-8-23-15/h12-13,15-16H,4-11H2,1-3H3,(H,19,20). The van der Waals surface area contributed by atoms with E-state index in [1.165, 1.54) is 5.01 Å². The van der Waals surface area contributed by atoms with Crippen LogP contribution < -0.4 is 5.32 Å². The van der Waals surface area contributed by atoms with Crippen molar-refractivity contribution in [1.82, 2.24) is 15.2 Å². The molecule has 1 N–H and O–H groups in total. The maximum atomic E-state index is 5.95. The van der Waals surface area contributed by atoms with Gasteiger partial charge in [-0.15, -0.1) is 11.3 Å². The SMILES string of the molecule is CCNC(=NCc1csc(C(C)C)n1)N1CCOC(C2CCCO2)C1. The zero-order valence-electron chi connectivity index (χ0n) is 15.5. The molecule has 2 fully saturated rings. The molecule has 25 heavy (non-hydrogen) atoms. The summed E-state index contributed by atoms with van der Waals surface area (Å²) >= 11 is 1.72. The minimum absolute atomic E-state index is 0.145. The minimum Gasteiger partial charge on any atom is -0.375 e. The monoisotopic (exact) mass is 366 g/mol. The van der Waals surface area contributed by atoms with Crippen LogP contribution in [0.3, 0.4) is 0 Å². The summed E-state index contributed by atoms with van der Waals surface area (Å²) < 4.78 is 11.8. The Labute approximate surface area is 154 Å². The second-order valence-corrected chi connectivity index (χ2v) is 7.80. The molecule has 3 rings (SSSR count). The molecule has 0 spiro atoms. The highest BCUT2D eigenvalue weighted by atomic mass is 32.1. The molecule has 140 valence electrons. The molecular weight excluding hydrogens is 336 g/mol. The summed E-state index contributed by atoms with van der Waals surface area (Å²) in [7, 11) is 0. The van der Waals surface area contributed by atoms with E-state index in [1.807, 2.05) is 0 Å². The number of rotatable bonds is 5. The Morgan fingerprint density at radius 3 is 2.92 bits per heavy atom. The fourth-order valence-corrected chi connectivity index (χ4v) is 4.06. The Kier molecular flexibility index (Phi) is 6.67. The maximum Gasteiger partial charge on any atom is 0.194 e. The van der Waals surface area contributed by atoms with Gasteiger partial charge in [0.1, 0.15) is 6.10 Å². The summed E-state index contributed by atoms with van der Waals surface area (Å²) in [5.74, 6) is 1.43. The summed E-state index contributed by atoms with van der Waals surface area (Å²) in [6.45, 7) is 11.2. The molecule has 0 aromatic carbocycles. The van der Waals surface area contributed by atoms with Crippen molar-refractivity contribution in [3.8, 4) is 0 Å². The van der Waals surface area contributed by atoms with Gasteiger partial charge in [0.05, 0.1) is 30.0 Å². The number of thiazole rings is 1. The van der Waals surface area contributed by atoms with E-state index >= 15 is 0 Å². The molecule has 7 heteroatoms. The van der Waals surface area contributed by atoms with Crippen molar-refractivity contribution in [3.63, 3.8) is 0 Å². The largest absolute Gasteiger partial charge is 0.375 e. The van der Waals surface area contributed by atoms with E-state index in [1.54, 1.807) is 11.3 Å². The molecule has 2 aliphatic heterocycles. The van der Waals surface area contributed by atoms with Gasteiger partial charge in [0.25, 0.3) is 0 Å². The zero-order chi connectivity index (χ0) is 17.6. The maximum absolute atomic E-state index is 5.95.